The van der Waals surface area contributed by atoms with Gasteiger partial charge in [-0.15, -0.1) is 0 Å². The van der Waals surface area contributed by atoms with Crippen molar-refractivity contribution < 1.29 is 19.1 Å². The highest BCUT2D eigenvalue weighted by molar-refractivity contribution is 6.01. The number of aromatic nitrogens is 1. The van der Waals surface area contributed by atoms with Gasteiger partial charge < -0.3 is 19.4 Å². The molecule has 0 bridgehead atoms. The van der Waals surface area contributed by atoms with Crippen molar-refractivity contribution in [2.45, 2.75) is 32.9 Å². The molecule has 4 rings (SSSR count). The summed E-state index contributed by atoms with van der Waals surface area (Å²) in [5.41, 5.74) is 4.19. The Balaban J connectivity index is 1.62. The molecule has 6 nitrogen and oxygen atoms in total. The molecule has 39 heavy (non-hydrogen) atoms. The first-order valence-corrected chi connectivity index (χ1v) is 13.1. The van der Waals surface area contributed by atoms with Crippen LogP contribution in [0.3, 0.4) is 0 Å². The van der Waals surface area contributed by atoms with E-state index in [-0.39, 0.29) is 12.5 Å². The number of ether oxygens (including phenoxy) is 2. The van der Waals surface area contributed by atoms with Crippen LogP contribution in [-0.2, 0) is 27.4 Å². The van der Waals surface area contributed by atoms with Crippen molar-refractivity contribution in [3.8, 4) is 5.75 Å². The van der Waals surface area contributed by atoms with Gasteiger partial charge in [-0.2, -0.15) is 0 Å². The predicted molar refractivity (Wildman–Crippen MR) is 155 cm³/mol. The van der Waals surface area contributed by atoms with E-state index in [0.717, 1.165) is 28.5 Å². The zero-order chi connectivity index (χ0) is 27.6. The zero-order valence-electron chi connectivity index (χ0n) is 22.4. The van der Waals surface area contributed by atoms with Crippen LogP contribution in [0.2, 0.25) is 0 Å². The molecule has 0 aliphatic heterocycles. The third-order valence-corrected chi connectivity index (χ3v) is 6.48. The van der Waals surface area contributed by atoms with Crippen LogP contribution in [0.4, 0.5) is 0 Å². The number of carbonyl (C=O) groups excluding carboxylic acids is 2. The largest absolute Gasteiger partial charge is 0.489 e. The Hall–Kier alpha value is -4.58. The lowest BCUT2D eigenvalue weighted by molar-refractivity contribution is -0.138. The summed E-state index contributed by atoms with van der Waals surface area (Å²) in [5, 5.41) is 3.90. The molecule has 0 saturated heterocycles. The lowest BCUT2D eigenvalue weighted by Crippen LogP contribution is -2.32. The topological polar surface area (TPSA) is 69.6 Å². The Morgan fingerprint density at radius 3 is 2.36 bits per heavy atom. The summed E-state index contributed by atoms with van der Waals surface area (Å²) in [7, 11) is 0. The molecule has 1 atom stereocenters. The minimum atomic E-state index is -0.476. The third kappa shape index (κ3) is 7.05. The van der Waals surface area contributed by atoms with E-state index in [0.29, 0.717) is 24.5 Å². The fourth-order valence-corrected chi connectivity index (χ4v) is 4.36. The highest BCUT2D eigenvalue weighted by atomic mass is 16.5. The van der Waals surface area contributed by atoms with E-state index in [9.17, 15) is 9.59 Å². The van der Waals surface area contributed by atoms with Gasteiger partial charge in [0, 0.05) is 29.2 Å². The van der Waals surface area contributed by atoms with Gasteiger partial charge in [-0.3, -0.25) is 4.79 Å². The highest BCUT2D eigenvalue weighted by Gasteiger charge is 2.20. The molecular formula is C33H34N2O4. The van der Waals surface area contributed by atoms with Gasteiger partial charge >= 0.3 is 5.97 Å². The molecule has 0 fully saturated rings. The molecule has 0 spiro atoms. The minimum Gasteiger partial charge on any atom is -0.489 e. The van der Waals surface area contributed by atoms with Crippen LogP contribution < -0.4 is 10.1 Å². The van der Waals surface area contributed by atoms with Crippen LogP contribution in [-0.4, -0.2) is 29.6 Å². The molecule has 6 heteroatoms. The van der Waals surface area contributed by atoms with Gasteiger partial charge in [0.15, 0.2) is 0 Å². The molecule has 0 aliphatic carbocycles. The summed E-state index contributed by atoms with van der Waals surface area (Å²) in [6, 6.07) is 25.3. The standard InChI is InChI=1S/C33H34N2O4/c1-4-27(33(37)38-5-2)20-28-22-35(24(3)32(36)34-19-18-25-12-8-6-9-13-25)31-17-16-29(21-30(28)31)39-23-26-14-10-7-11-15-26/h4,6-17,20-22,24H,1,5,18-19,23H2,2-3H3,(H,34,36). The second kappa shape index (κ2) is 13.3. The Morgan fingerprint density at radius 2 is 1.69 bits per heavy atom. The van der Waals surface area contributed by atoms with Gasteiger partial charge in [-0.1, -0.05) is 73.3 Å². The van der Waals surface area contributed by atoms with Gasteiger partial charge in [0.1, 0.15) is 18.4 Å². The smallest absolute Gasteiger partial charge is 0.338 e. The Labute approximate surface area is 229 Å². The summed E-state index contributed by atoms with van der Waals surface area (Å²) in [5.74, 6) is 0.156. The number of nitrogens with one attached hydrogen (secondary N) is 1. The molecular weight excluding hydrogens is 488 g/mol. The van der Waals surface area contributed by atoms with Crippen LogP contribution in [0.5, 0.6) is 5.75 Å². The molecule has 200 valence electrons. The van der Waals surface area contributed by atoms with Gasteiger partial charge in [0.25, 0.3) is 0 Å². The number of hydrogen-bond acceptors (Lipinski definition) is 4. The van der Waals surface area contributed by atoms with Gasteiger partial charge in [-0.25, -0.2) is 4.79 Å². The monoisotopic (exact) mass is 522 g/mol. The number of amides is 1. The van der Waals surface area contributed by atoms with E-state index in [1.165, 1.54) is 11.6 Å². The first-order valence-electron chi connectivity index (χ1n) is 13.1. The number of carbonyl (C=O) groups is 2. The van der Waals surface area contributed by atoms with Crippen molar-refractivity contribution >= 4 is 28.9 Å². The van der Waals surface area contributed by atoms with Crippen molar-refractivity contribution in [1.29, 1.82) is 0 Å². The zero-order valence-corrected chi connectivity index (χ0v) is 22.4. The van der Waals surface area contributed by atoms with Crippen molar-refractivity contribution in [3.63, 3.8) is 0 Å². The van der Waals surface area contributed by atoms with Crippen molar-refractivity contribution in [2.24, 2.45) is 0 Å². The molecule has 0 saturated carbocycles. The average molecular weight is 523 g/mol. The predicted octanol–water partition coefficient (Wildman–Crippen LogP) is 6.27. The van der Waals surface area contributed by atoms with Crippen LogP contribution in [0.25, 0.3) is 17.0 Å². The van der Waals surface area contributed by atoms with Crippen molar-refractivity contribution in [2.75, 3.05) is 13.2 Å². The molecule has 1 amide bonds. The SMILES string of the molecule is C=CC(=Cc1cn(C(C)C(=O)NCCc2ccccc2)c2ccc(OCc3ccccc3)cc12)C(=O)OCC. The molecule has 3 aromatic carbocycles. The molecule has 4 aromatic rings. The van der Waals surface area contributed by atoms with E-state index in [1.54, 1.807) is 13.0 Å². The van der Waals surface area contributed by atoms with Gasteiger partial charge in [0.05, 0.1) is 12.2 Å². The first kappa shape index (κ1) is 27.5. The molecule has 1 N–H and O–H groups in total. The quantitative estimate of drug-likeness (QED) is 0.135. The Kier molecular flexibility index (Phi) is 9.35. The number of hydrogen-bond donors (Lipinski definition) is 1. The van der Waals surface area contributed by atoms with Crippen molar-refractivity contribution in [1.82, 2.24) is 9.88 Å². The maximum Gasteiger partial charge on any atom is 0.338 e. The maximum absolute atomic E-state index is 13.1. The lowest BCUT2D eigenvalue weighted by atomic mass is 10.1. The van der Waals surface area contributed by atoms with E-state index < -0.39 is 12.0 Å². The van der Waals surface area contributed by atoms with Crippen LogP contribution >= 0.6 is 0 Å². The molecule has 0 radical (unpaired) electrons. The molecule has 1 heterocycles. The average Bonchev–Trinajstić information content (AvgIpc) is 3.33. The fourth-order valence-electron chi connectivity index (χ4n) is 4.36. The number of esters is 1. The van der Waals surface area contributed by atoms with Crippen LogP contribution in [0.1, 0.15) is 36.6 Å². The third-order valence-electron chi connectivity index (χ3n) is 6.48. The van der Waals surface area contributed by atoms with Crippen LogP contribution in [0, 0.1) is 0 Å². The summed E-state index contributed by atoms with van der Waals surface area (Å²) in [4.78, 5) is 25.6. The summed E-state index contributed by atoms with van der Waals surface area (Å²) in [6.07, 6.45) is 5.86. The maximum atomic E-state index is 13.1. The summed E-state index contributed by atoms with van der Waals surface area (Å²) >= 11 is 0. The lowest BCUT2D eigenvalue weighted by Gasteiger charge is -2.16. The number of fused-ring (bicyclic) bond motifs is 1. The van der Waals surface area contributed by atoms with Gasteiger partial charge in [-0.05, 0) is 55.7 Å². The minimum absolute atomic E-state index is 0.0860. The number of benzene rings is 3. The molecule has 1 unspecified atom stereocenters. The van der Waals surface area contributed by atoms with E-state index in [2.05, 4.69) is 11.9 Å². The number of rotatable bonds is 12. The fraction of sp³-hybridized carbons (Fsp3) is 0.212. The van der Waals surface area contributed by atoms with Gasteiger partial charge in [0.2, 0.25) is 5.91 Å². The second-order valence-corrected chi connectivity index (χ2v) is 9.17. The second-order valence-electron chi connectivity index (χ2n) is 9.17. The van der Waals surface area contributed by atoms with E-state index in [1.807, 2.05) is 96.6 Å². The van der Waals surface area contributed by atoms with E-state index in [4.69, 9.17) is 9.47 Å². The van der Waals surface area contributed by atoms with Crippen LogP contribution in [0.15, 0.2) is 103 Å². The Morgan fingerprint density at radius 1 is 1.00 bits per heavy atom. The molecule has 0 aliphatic rings. The Bertz CT molecular complexity index is 1460. The summed E-state index contributed by atoms with van der Waals surface area (Å²) < 4.78 is 13.2. The number of nitrogens with zero attached hydrogens (tertiary/aromatic N) is 1. The van der Waals surface area contributed by atoms with E-state index >= 15 is 0 Å². The highest BCUT2D eigenvalue weighted by Crippen LogP contribution is 2.31. The van der Waals surface area contributed by atoms with Crippen molar-refractivity contribution in [3.05, 3.63) is 120 Å². The first-order chi connectivity index (χ1) is 19.0. The molecule has 1 aromatic heterocycles. The summed E-state index contributed by atoms with van der Waals surface area (Å²) in [6.45, 7) is 8.65. The normalized spacial score (nSPS) is 12.1.